The van der Waals surface area contributed by atoms with Crippen molar-refractivity contribution in [3.63, 3.8) is 0 Å². The zero-order valence-corrected chi connectivity index (χ0v) is 15.1. The third-order valence-corrected chi connectivity index (χ3v) is 8.45. The lowest BCUT2D eigenvalue weighted by Crippen LogP contribution is -2.68. The molecule has 1 aliphatic heterocycles. The van der Waals surface area contributed by atoms with E-state index in [4.69, 9.17) is 4.74 Å². The average Bonchev–Trinajstić information content (AvgIpc) is 2.60. The highest BCUT2D eigenvalue weighted by Crippen LogP contribution is 2.69. The fourth-order valence-electron chi connectivity index (χ4n) is 7.15. The van der Waals surface area contributed by atoms with Crippen LogP contribution in [-0.4, -0.2) is 45.2 Å². The molecule has 1 saturated heterocycles. The van der Waals surface area contributed by atoms with Gasteiger partial charge >= 0.3 is 5.97 Å². The smallest absolute Gasteiger partial charge is 0.315 e. The van der Waals surface area contributed by atoms with Crippen molar-refractivity contribution in [2.24, 2.45) is 28.1 Å². The molecule has 1 spiro atoms. The molecule has 8 atom stereocenters. The van der Waals surface area contributed by atoms with Gasteiger partial charge in [-0.1, -0.05) is 20.8 Å². The maximum atomic E-state index is 12.5. The normalized spacial score (nSPS) is 58.6. The first-order chi connectivity index (χ1) is 11.0. The van der Waals surface area contributed by atoms with E-state index in [1.54, 1.807) is 0 Å². The Morgan fingerprint density at radius 3 is 2.29 bits per heavy atom. The molecule has 5 nitrogen and oxygen atoms in total. The summed E-state index contributed by atoms with van der Waals surface area (Å²) in [5.74, 6) is -0.00946. The van der Waals surface area contributed by atoms with Crippen LogP contribution in [0.4, 0.5) is 0 Å². The van der Waals surface area contributed by atoms with Crippen molar-refractivity contribution in [2.45, 2.75) is 83.7 Å². The molecule has 24 heavy (non-hydrogen) atoms. The fourth-order valence-corrected chi connectivity index (χ4v) is 7.15. The van der Waals surface area contributed by atoms with Crippen molar-refractivity contribution < 1.29 is 24.9 Å². The molecule has 0 radical (unpaired) electrons. The van der Waals surface area contributed by atoms with Gasteiger partial charge in [-0.2, -0.15) is 0 Å². The molecule has 4 rings (SSSR count). The summed E-state index contributed by atoms with van der Waals surface area (Å²) in [5, 5.41) is 32.1. The molecule has 0 aromatic carbocycles. The number of rotatable bonds is 0. The molecule has 0 aromatic rings. The highest BCUT2D eigenvalue weighted by molar-refractivity contribution is 5.81. The van der Waals surface area contributed by atoms with Gasteiger partial charge in [-0.25, -0.2) is 0 Å². The van der Waals surface area contributed by atoms with Crippen LogP contribution in [0.3, 0.4) is 0 Å². The van der Waals surface area contributed by atoms with Crippen LogP contribution in [0.15, 0.2) is 0 Å². The van der Waals surface area contributed by atoms with Crippen LogP contribution in [0.1, 0.15) is 59.8 Å². The van der Waals surface area contributed by atoms with Gasteiger partial charge in [-0.3, -0.25) is 4.79 Å². The maximum Gasteiger partial charge on any atom is 0.315 e. The molecular formula is C19H30O5. The Labute approximate surface area is 143 Å². The Balaban J connectivity index is 1.80. The first-order valence-electron chi connectivity index (χ1n) is 9.28. The molecule has 3 saturated carbocycles. The van der Waals surface area contributed by atoms with Crippen LogP contribution in [-0.2, 0) is 9.53 Å². The van der Waals surface area contributed by atoms with Crippen LogP contribution < -0.4 is 0 Å². The van der Waals surface area contributed by atoms with Crippen LogP contribution in [0.2, 0.25) is 0 Å². The summed E-state index contributed by atoms with van der Waals surface area (Å²) in [7, 11) is 0. The highest BCUT2D eigenvalue weighted by Gasteiger charge is 2.74. The molecule has 1 heterocycles. The van der Waals surface area contributed by atoms with E-state index in [9.17, 15) is 20.1 Å². The molecule has 0 amide bonds. The van der Waals surface area contributed by atoms with E-state index in [2.05, 4.69) is 6.92 Å². The Morgan fingerprint density at radius 2 is 1.62 bits per heavy atom. The Morgan fingerprint density at radius 1 is 1.00 bits per heavy atom. The van der Waals surface area contributed by atoms with E-state index < -0.39 is 34.7 Å². The molecule has 5 heteroatoms. The SMILES string of the molecule is CC12CCC3C4(C)CC(O)C(O)C(C)(C)C4CCC3(OC1=O)C2O. The van der Waals surface area contributed by atoms with Gasteiger partial charge in [-0.05, 0) is 55.8 Å². The van der Waals surface area contributed by atoms with E-state index in [1.165, 1.54) is 0 Å². The predicted molar refractivity (Wildman–Crippen MR) is 86.9 cm³/mol. The van der Waals surface area contributed by atoms with E-state index in [1.807, 2.05) is 20.8 Å². The van der Waals surface area contributed by atoms with Crippen molar-refractivity contribution in [1.82, 2.24) is 0 Å². The van der Waals surface area contributed by atoms with Gasteiger partial charge in [0.2, 0.25) is 0 Å². The number of hydrogen-bond donors (Lipinski definition) is 3. The number of aliphatic hydroxyl groups excluding tert-OH is 3. The molecule has 0 aromatic heterocycles. The van der Waals surface area contributed by atoms with Crippen molar-refractivity contribution in [3.8, 4) is 0 Å². The quantitative estimate of drug-likeness (QED) is 0.584. The first-order valence-corrected chi connectivity index (χ1v) is 9.28. The molecular weight excluding hydrogens is 308 g/mol. The number of carbonyl (C=O) groups is 1. The number of aliphatic hydroxyl groups is 3. The van der Waals surface area contributed by atoms with E-state index >= 15 is 0 Å². The number of esters is 1. The predicted octanol–water partition coefficient (Wildman–Crippen LogP) is 1.63. The van der Waals surface area contributed by atoms with Gasteiger partial charge in [0.15, 0.2) is 0 Å². The minimum atomic E-state index is -0.812. The van der Waals surface area contributed by atoms with Gasteiger partial charge < -0.3 is 20.1 Å². The van der Waals surface area contributed by atoms with Crippen LogP contribution in [0.5, 0.6) is 0 Å². The summed E-state index contributed by atoms with van der Waals surface area (Å²) in [6.45, 7) is 8.06. The van der Waals surface area contributed by atoms with Crippen molar-refractivity contribution in [2.75, 3.05) is 0 Å². The number of carbonyl (C=O) groups excluding carboxylic acids is 1. The molecule has 3 N–H and O–H groups in total. The largest absolute Gasteiger partial charge is 0.455 e. The topological polar surface area (TPSA) is 87.0 Å². The Hall–Kier alpha value is -0.650. The second-order valence-electron chi connectivity index (χ2n) is 9.89. The molecule has 2 bridgehead atoms. The van der Waals surface area contributed by atoms with Gasteiger partial charge in [0.1, 0.15) is 11.7 Å². The monoisotopic (exact) mass is 338 g/mol. The zero-order valence-electron chi connectivity index (χ0n) is 15.1. The molecule has 4 fully saturated rings. The van der Waals surface area contributed by atoms with Gasteiger partial charge in [0.25, 0.3) is 0 Å². The average molecular weight is 338 g/mol. The van der Waals surface area contributed by atoms with Crippen LogP contribution in [0, 0.1) is 28.1 Å². The lowest BCUT2D eigenvalue weighted by Gasteiger charge is -2.65. The van der Waals surface area contributed by atoms with Gasteiger partial charge in [0.05, 0.1) is 17.6 Å². The minimum absolute atomic E-state index is 0.0275. The highest BCUT2D eigenvalue weighted by atomic mass is 16.6. The van der Waals surface area contributed by atoms with Crippen molar-refractivity contribution in [3.05, 3.63) is 0 Å². The lowest BCUT2D eigenvalue weighted by molar-refractivity contribution is -0.252. The summed E-state index contributed by atoms with van der Waals surface area (Å²) in [5.41, 5.74) is -2.26. The molecule has 4 aliphatic rings. The van der Waals surface area contributed by atoms with Crippen molar-refractivity contribution in [1.29, 1.82) is 0 Å². The number of hydrogen-bond acceptors (Lipinski definition) is 5. The van der Waals surface area contributed by atoms with Crippen LogP contribution in [0.25, 0.3) is 0 Å². The van der Waals surface area contributed by atoms with Gasteiger partial charge in [0, 0.05) is 5.92 Å². The lowest BCUT2D eigenvalue weighted by atomic mass is 9.41. The molecule has 8 unspecified atom stereocenters. The zero-order chi connectivity index (χ0) is 17.7. The van der Waals surface area contributed by atoms with Crippen molar-refractivity contribution >= 4 is 5.97 Å². The summed E-state index contributed by atoms with van der Waals surface area (Å²) in [6.07, 6.45) is 1.09. The first kappa shape index (κ1) is 16.8. The summed E-state index contributed by atoms with van der Waals surface area (Å²) in [4.78, 5) is 12.5. The number of fused-ring (bicyclic) bond motifs is 3. The van der Waals surface area contributed by atoms with E-state index in [0.29, 0.717) is 19.3 Å². The Kier molecular flexibility index (Phi) is 3.18. The molecule has 136 valence electrons. The minimum Gasteiger partial charge on any atom is -0.455 e. The Bertz CT molecular complexity index is 588. The second kappa shape index (κ2) is 4.54. The number of ether oxygens (including phenoxy) is 1. The summed E-state index contributed by atoms with van der Waals surface area (Å²) >= 11 is 0. The summed E-state index contributed by atoms with van der Waals surface area (Å²) in [6, 6.07) is 0. The van der Waals surface area contributed by atoms with E-state index in [-0.39, 0.29) is 23.2 Å². The third-order valence-electron chi connectivity index (χ3n) is 8.45. The standard InChI is InChI=1S/C19H30O5/c1-16(2)11-6-8-19-12(18(11,4)9-10(20)13(16)21)5-7-17(3,14(19)22)15(23)24-19/h10-14,20-22H,5-9H2,1-4H3. The summed E-state index contributed by atoms with van der Waals surface area (Å²) < 4.78 is 5.90. The maximum absolute atomic E-state index is 12.5. The van der Waals surface area contributed by atoms with Crippen LogP contribution >= 0.6 is 0 Å². The van der Waals surface area contributed by atoms with Gasteiger partial charge in [-0.15, -0.1) is 0 Å². The second-order valence-corrected chi connectivity index (χ2v) is 9.89. The molecule has 3 aliphatic carbocycles. The fraction of sp³-hybridized carbons (Fsp3) is 0.947. The van der Waals surface area contributed by atoms with E-state index in [0.717, 1.165) is 12.8 Å². The third kappa shape index (κ3) is 1.64.